The Balaban J connectivity index is 0.000000385. The van der Waals surface area contributed by atoms with Crippen LogP contribution in [0.5, 0.6) is 0 Å². The van der Waals surface area contributed by atoms with Crippen LogP contribution in [-0.4, -0.2) is 9.79 Å². The molecule has 0 amide bonds. The fourth-order valence-electron chi connectivity index (χ4n) is 1.34. The van der Waals surface area contributed by atoms with Crippen LogP contribution in [0.3, 0.4) is 0 Å². The third kappa shape index (κ3) is 10.2. The molecule has 0 aliphatic carbocycles. The first kappa shape index (κ1) is 19.8. The van der Waals surface area contributed by atoms with E-state index in [2.05, 4.69) is 52.8 Å². The summed E-state index contributed by atoms with van der Waals surface area (Å²) in [7, 11) is -6.40. The molecule has 0 bridgehead atoms. The van der Waals surface area contributed by atoms with E-state index in [0.717, 1.165) is 0 Å². The molecule has 2 atom stereocenters. The van der Waals surface area contributed by atoms with Crippen LogP contribution in [0, 0.1) is 0 Å². The highest BCUT2D eigenvalue weighted by atomic mass is 31.2. The molecule has 0 saturated heterocycles. The van der Waals surface area contributed by atoms with Gasteiger partial charge in [-0.15, -0.1) is 0 Å². The van der Waals surface area contributed by atoms with E-state index in [1.54, 1.807) is 0 Å². The Morgan fingerprint density at radius 3 is 1.19 bits per heavy atom. The standard InChI is InChI=1S/C12H10.C2H6.H4O5P2/c1-3-7-11(8-4-1)12-9-5-2-6-10-12;1-2;1-6(2)5-7(3)4/h1-10H;1-2H3;6-7H,(H,1,2)(H,3,4). The van der Waals surface area contributed by atoms with Gasteiger partial charge in [-0.25, -0.2) is 4.31 Å². The molecule has 0 aliphatic rings. The maximum absolute atomic E-state index is 9.44. The van der Waals surface area contributed by atoms with Crippen LogP contribution in [0.15, 0.2) is 60.7 Å². The van der Waals surface area contributed by atoms with Crippen LogP contribution in [-0.2, 0) is 13.4 Å². The normalized spacial score (nSPS) is 12.0. The van der Waals surface area contributed by atoms with E-state index in [1.807, 2.05) is 26.0 Å². The number of hydrogen-bond acceptors (Lipinski definition) is 3. The van der Waals surface area contributed by atoms with Gasteiger partial charge in [0.15, 0.2) is 0 Å². The Kier molecular flexibility index (Phi) is 11.8. The summed E-state index contributed by atoms with van der Waals surface area (Å²) < 4.78 is 22.3. The van der Waals surface area contributed by atoms with Crippen molar-refractivity contribution in [1.29, 1.82) is 0 Å². The van der Waals surface area contributed by atoms with E-state index in [1.165, 1.54) is 11.1 Å². The van der Waals surface area contributed by atoms with Crippen molar-refractivity contribution in [2.45, 2.75) is 13.8 Å². The highest BCUT2D eigenvalue weighted by Crippen LogP contribution is 2.30. The lowest BCUT2D eigenvalue weighted by Crippen LogP contribution is -1.73. The molecule has 0 aromatic heterocycles. The molecule has 0 saturated carbocycles. The lowest BCUT2D eigenvalue weighted by Gasteiger charge is -1.98. The van der Waals surface area contributed by atoms with Gasteiger partial charge in [-0.1, -0.05) is 74.5 Å². The van der Waals surface area contributed by atoms with Gasteiger partial charge in [0.1, 0.15) is 0 Å². The third-order valence-corrected chi connectivity index (χ3v) is 3.45. The molecule has 2 rings (SSSR count). The van der Waals surface area contributed by atoms with Gasteiger partial charge >= 0.3 is 16.5 Å². The maximum Gasteiger partial charge on any atom is 0.323 e. The predicted molar refractivity (Wildman–Crippen MR) is 86.8 cm³/mol. The monoisotopic (exact) mass is 330 g/mol. The predicted octanol–water partition coefficient (Wildman–Crippen LogP) is 4.15. The van der Waals surface area contributed by atoms with Crippen molar-refractivity contribution in [2.75, 3.05) is 0 Å². The zero-order valence-electron chi connectivity index (χ0n) is 11.9. The van der Waals surface area contributed by atoms with Gasteiger partial charge in [-0.2, -0.15) is 0 Å². The fraction of sp³-hybridized carbons (Fsp3) is 0.143. The lowest BCUT2D eigenvalue weighted by atomic mass is 10.1. The largest absolute Gasteiger partial charge is 0.326 e. The van der Waals surface area contributed by atoms with E-state index in [4.69, 9.17) is 9.79 Å². The molecular formula is C14H20O5P2. The number of benzene rings is 2. The fourth-order valence-corrected chi connectivity index (χ4v) is 1.93. The molecule has 2 aromatic rings. The lowest BCUT2D eigenvalue weighted by molar-refractivity contribution is 0.371. The molecule has 21 heavy (non-hydrogen) atoms. The van der Waals surface area contributed by atoms with E-state index < -0.39 is 16.5 Å². The number of hydrogen-bond donors (Lipinski definition) is 2. The Morgan fingerprint density at radius 1 is 0.714 bits per heavy atom. The molecule has 2 aromatic carbocycles. The second-order valence-corrected chi connectivity index (χ2v) is 5.25. The Labute approximate surface area is 126 Å². The third-order valence-electron chi connectivity index (χ3n) is 2.06. The summed E-state index contributed by atoms with van der Waals surface area (Å²) in [6.45, 7) is 4.00. The number of rotatable bonds is 3. The maximum atomic E-state index is 9.44. The second-order valence-electron chi connectivity index (χ2n) is 3.37. The quantitative estimate of drug-likeness (QED) is 0.826. The molecule has 0 heterocycles. The molecule has 5 nitrogen and oxygen atoms in total. The van der Waals surface area contributed by atoms with Gasteiger partial charge in [0.05, 0.1) is 0 Å². The summed E-state index contributed by atoms with van der Waals surface area (Å²) in [6.07, 6.45) is 0. The molecule has 0 radical (unpaired) electrons. The first-order chi connectivity index (χ1) is 10.1. The van der Waals surface area contributed by atoms with Crippen molar-refractivity contribution in [3.63, 3.8) is 0 Å². The zero-order chi connectivity index (χ0) is 16.1. The molecular weight excluding hydrogens is 310 g/mol. The minimum Gasteiger partial charge on any atom is -0.326 e. The summed E-state index contributed by atoms with van der Waals surface area (Å²) in [6, 6.07) is 20.8. The van der Waals surface area contributed by atoms with Crippen molar-refractivity contribution in [2.24, 2.45) is 0 Å². The van der Waals surface area contributed by atoms with Crippen LogP contribution in [0.1, 0.15) is 13.8 Å². The van der Waals surface area contributed by atoms with Gasteiger partial charge in [0, 0.05) is 0 Å². The summed E-state index contributed by atoms with van der Waals surface area (Å²) >= 11 is 0. The summed E-state index contributed by atoms with van der Waals surface area (Å²) in [5.41, 5.74) is 2.55. The summed E-state index contributed by atoms with van der Waals surface area (Å²) in [4.78, 5) is 15.4. The smallest absolute Gasteiger partial charge is 0.323 e. The molecule has 2 N–H and O–H groups in total. The first-order valence-corrected chi connectivity index (χ1v) is 8.86. The van der Waals surface area contributed by atoms with Gasteiger partial charge < -0.3 is 9.79 Å². The molecule has 7 heteroatoms. The second kappa shape index (κ2) is 12.5. The van der Waals surface area contributed by atoms with Gasteiger partial charge in [0.2, 0.25) is 0 Å². The van der Waals surface area contributed by atoms with Gasteiger partial charge in [-0.05, 0) is 11.1 Å². The van der Waals surface area contributed by atoms with Crippen molar-refractivity contribution < 1.29 is 23.2 Å². The van der Waals surface area contributed by atoms with Crippen molar-refractivity contribution in [1.82, 2.24) is 0 Å². The molecule has 0 fully saturated rings. The molecule has 116 valence electrons. The molecule has 0 spiro atoms. The Morgan fingerprint density at radius 2 is 1.00 bits per heavy atom. The van der Waals surface area contributed by atoms with Crippen molar-refractivity contribution in [3.8, 4) is 11.1 Å². The zero-order valence-corrected chi connectivity index (χ0v) is 13.9. The van der Waals surface area contributed by atoms with E-state index in [0.29, 0.717) is 0 Å². The highest BCUT2D eigenvalue weighted by molar-refractivity contribution is 7.46. The van der Waals surface area contributed by atoms with Crippen LogP contribution < -0.4 is 0 Å². The SMILES string of the molecule is CC.O=[PH](O)O[PH](=O)O.c1ccc(-c2ccccc2)cc1. The first-order valence-electron chi connectivity index (χ1n) is 6.34. The van der Waals surface area contributed by atoms with Crippen LogP contribution in [0.25, 0.3) is 11.1 Å². The highest BCUT2D eigenvalue weighted by Gasteiger charge is 1.93. The topological polar surface area (TPSA) is 83.8 Å². The Hall–Kier alpha value is -1.22. The van der Waals surface area contributed by atoms with Gasteiger partial charge in [0.25, 0.3) is 0 Å². The molecule has 2 unspecified atom stereocenters. The minimum atomic E-state index is -3.20. The van der Waals surface area contributed by atoms with Crippen molar-refractivity contribution >= 4 is 16.5 Å². The minimum absolute atomic E-state index is 1.28. The van der Waals surface area contributed by atoms with Crippen LogP contribution in [0.2, 0.25) is 0 Å². The van der Waals surface area contributed by atoms with E-state index in [9.17, 15) is 9.13 Å². The van der Waals surface area contributed by atoms with Gasteiger partial charge in [-0.3, -0.25) is 9.13 Å². The van der Waals surface area contributed by atoms with E-state index >= 15 is 0 Å². The van der Waals surface area contributed by atoms with Crippen molar-refractivity contribution in [3.05, 3.63) is 60.7 Å². The van der Waals surface area contributed by atoms with Crippen LogP contribution >= 0.6 is 16.5 Å². The average molecular weight is 330 g/mol. The summed E-state index contributed by atoms with van der Waals surface area (Å²) in [5, 5.41) is 0. The van der Waals surface area contributed by atoms with E-state index in [-0.39, 0.29) is 0 Å². The average Bonchev–Trinajstić information content (AvgIpc) is 2.50. The van der Waals surface area contributed by atoms with Crippen LogP contribution in [0.4, 0.5) is 0 Å². The Bertz CT molecular complexity index is 482. The summed E-state index contributed by atoms with van der Waals surface area (Å²) in [5.74, 6) is 0. The molecule has 0 aliphatic heterocycles.